The third-order valence-electron chi connectivity index (χ3n) is 12.2. The SMILES string of the molecule is c1ccc(-c2ccc(N(c3ccc(-c4cc(-c5nc(-c6ccccc6)nc(-c6ccccc6)n5)c5c(c4)-c4cccc6cccc-5c46)cc3)c3ccc4ccccc4c3)cc2)cc1. The van der Waals surface area contributed by atoms with Crippen LogP contribution in [0.3, 0.4) is 0 Å². The molecule has 1 aromatic heterocycles. The van der Waals surface area contributed by atoms with Crippen LogP contribution in [0.25, 0.3) is 100 Å². The first-order valence-electron chi connectivity index (χ1n) is 21.3. The van der Waals surface area contributed by atoms with Crippen molar-refractivity contribution in [2.75, 3.05) is 4.90 Å². The van der Waals surface area contributed by atoms with Crippen LogP contribution in [0.4, 0.5) is 17.1 Å². The van der Waals surface area contributed by atoms with Crippen LogP contribution in [-0.2, 0) is 0 Å². The van der Waals surface area contributed by atoms with Gasteiger partial charge in [0.05, 0.1) is 0 Å². The summed E-state index contributed by atoms with van der Waals surface area (Å²) in [7, 11) is 0. The summed E-state index contributed by atoms with van der Waals surface area (Å²) in [6.45, 7) is 0. The second kappa shape index (κ2) is 15.2. The summed E-state index contributed by atoms with van der Waals surface area (Å²) < 4.78 is 0. The molecule has 294 valence electrons. The number of fused-ring (bicyclic) bond motifs is 4. The van der Waals surface area contributed by atoms with Crippen LogP contribution in [-0.4, -0.2) is 15.0 Å². The lowest BCUT2D eigenvalue weighted by Gasteiger charge is -2.26. The molecule has 0 unspecified atom stereocenters. The summed E-state index contributed by atoms with van der Waals surface area (Å²) in [5, 5.41) is 4.89. The predicted molar refractivity (Wildman–Crippen MR) is 261 cm³/mol. The minimum atomic E-state index is 0.641. The summed E-state index contributed by atoms with van der Waals surface area (Å²) in [6.07, 6.45) is 0. The zero-order valence-electron chi connectivity index (χ0n) is 34.2. The molecule has 0 amide bonds. The molecule has 1 heterocycles. The van der Waals surface area contributed by atoms with Crippen LogP contribution in [0.2, 0.25) is 0 Å². The van der Waals surface area contributed by atoms with Gasteiger partial charge in [0, 0.05) is 39.3 Å². The van der Waals surface area contributed by atoms with Crippen molar-refractivity contribution >= 4 is 38.6 Å². The summed E-state index contributed by atoms with van der Waals surface area (Å²) in [5.41, 5.74) is 15.4. The summed E-state index contributed by atoms with van der Waals surface area (Å²) >= 11 is 0. The lowest BCUT2D eigenvalue weighted by Crippen LogP contribution is -2.09. The van der Waals surface area contributed by atoms with Gasteiger partial charge in [0.25, 0.3) is 0 Å². The number of rotatable bonds is 8. The average Bonchev–Trinajstić information content (AvgIpc) is 3.69. The van der Waals surface area contributed by atoms with Gasteiger partial charge < -0.3 is 4.90 Å². The van der Waals surface area contributed by atoms with Crippen molar-refractivity contribution in [2.24, 2.45) is 0 Å². The van der Waals surface area contributed by atoms with E-state index in [-0.39, 0.29) is 0 Å². The van der Waals surface area contributed by atoms with Gasteiger partial charge in [-0.1, -0.05) is 182 Å². The maximum Gasteiger partial charge on any atom is 0.164 e. The number of benzene rings is 10. The molecule has 0 atom stereocenters. The fraction of sp³-hybridized carbons (Fsp3) is 0. The smallest absolute Gasteiger partial charge is 0.164 e. The zero-order valence-corrected chi connectivity index (χ0v) is 34.2. The molecular weight excluding hydrogens is 765 g/mol. The van der Waals surface area contributed by atoms with E-state index in [4.69, 9.17) is 15.0 Å². The van der Waals surface area contributed by atoms with E-state index in [2.05, 4.69) is 199 Å². The highest BCUT2D eigenvalue weighted by Gasteiger charge is 2.27. The molecule has 11 aromatic rings. The van der Waals surface area contributed by atoms with Gasteiger partial charge >= 0.3 is 0 Å². The summed E-state index contributed by atoms with van der Waals surface area (Å²) in [5.74, 6) is 1.92. The Morgan fingerprint density at radius 1 is 0.254 bits per heavy atom. The first-order chi connectivity index (χ1) is 31.2. The van der Waals surface area contributed by atoms with Crippen LogP contribution >= 0.6 is 0 Å². The molecule has 0 aliphatic heterocycles. The summed E-state index contributed by atoms with van der Waals surface area (Å²) in [4.78, 5) is 17.9. The highest BCUT2D eigenvalue weighted by molar-refractivity contribution is 6.18. The standard InChI is InChI=1S/C59H38N4/c1-4-14-39(15-5-1)41-26-31-48(32-27-41)63(50-35-30-40-16-10-11-21-46(40)36-50)49-33-28-42(29-34-49)47-37-53-51-24-12-22-43-23-13-25-52(55(43)51)56(53)54(38-47)59-61-57(44-17-6-2-7-18-44)60-58(62-59)45-19-8-3-9-20-45/h1-38H. The van der Waals surface area contributed by atoms with Crippen molar-refractivity contribution in [3.05, 3.63) is 231 Å². The molecule has 12 rings (SSSR count). The fourth-order valence-corrected chi connectivity index (χ4v) is 9.19. The molecule has 4 nitrogen and oxygen atoms in total. The quantitative estimate of drug-likeness (QED) is 0.153. The number of hydrogen-bond acceptors (Lipinski definition) is 4. The first kappa shape index (κ1) is 36.4. The molecule has 0 bridgehead atoms. The molecule has 0 fully saturated rings. The first-order valence-corrected chi connectivity index (χ1v) is 21.3. The molecule has 0 spiro atoms. The number of aromatic nitrogens is 3. The Morgan fingerprint density at radius 3 is 1.33 bits per heavy atom. The number of nitrogens with zero attached hydrogens (tertiary/aromatic N) is 4. The van der Waals surface area contributed by atoms with Crippen molar-refractivity contribution in [1.29, 1.82) is 0 Å². The highest BCUT2D eigenvalue weighted by Crippen LogP contribution is 2.52. The molecule has 4 heteroatoms. The van der Waals surface area contributed by atoms with Crippen molar-refractivity contribution in [3.63, 3.8) is 0 Å². The predicted octanol–water partition coefficient (Wildman–Crippen LogP) is 15.6. The zero-order chi connectivity index (χ0) is 41.7. The Bertz CT molecular complexity index is 3410. The molecule has 0 N–H and O–H groups in total. The highest BCUT2D eigenvalue weighted by atomic mass is 15.1. The van der Waals surface area contributed by atoms with Crippen LogP contribution < -0.4 is 4.90 Å². The monoisotopic (exact) mass is 802 g/mol. The van der Waals surface area contributed by atoms with Crippen molar-refractivity contribution in [3.8, 4) is 78.7 Å². The van der Waals surface area contributed by atoms with Crippen molar-refractivity contribution in [1.82, 2.24) is 15.0 Å². The Labute approximate surface area is 366 Å². The third-order valence-corrected chi connectivity index (χ3v) is 12.2. The maximum atomic E-state index is 5.26. The van der Waals surface area contributed by atoms with Crippen LogP contribution in [0, 0.1) is 0 Å². The molecular formula is C59H38N4. The normalized spacial score (nSPS) is 11.5. The van der Waals surface area contributed by atoms with Crippen LogP contribution in [0.5, 0.6) is 0 Å². The Kier molecular flexibility index (Phi) is 8.79. The topological polar surface area (TPSA) is 41.9 Å². The lowest BCUT2D eigenvalue weighted by atomic mass is 9.92. The molecule has 1 aliphatic rings. The van der Waals surface area contributed by atoms with E-state index in [0.29, 0.717) is 17.5 Å². The van der Waals surface area contributed by atoms with Gasteiger partial charge in [0.1, 0.15) is 0 Å². The van der Waals surface area contributed by atoms with E-state index in [0.717, 1.165) is 50.4 Å². The lowest BCUT2D eigenvalue weighted by molar-refractivity contribution is 1.07. The van der Waals surface area contributed by atoms with Gasteiger partial charge in [-0.2, -0.15) is 0 Å². The second-order valence-electron chi connectivity index (χ2n) is 16.0. The molecule has 0 radical (unpaired) electrons. The van der Waals surface area contributed by atoms with Crippen molar-refractivity contribution in [2.45, 2.75) is 0 Å². The second-order valence-corrected chi connectivity index (χ2v) is 16.0. The van der Waals surface area contributed by atoms with Crippen LogP contribution in [0.15, 0.2) is 231 Å². The van der Waals surface area contributed by atoms with E-state index in [1.165, 1.54) is 49.4 Å². The van der Waals surface area contributed by atoms with E-state index < -0.39 is 0 Å². The average molecular weight is 803 g/mol. The molecule has 10 aromatic carbocycles. The van der Waals surface area contributed by atoms with Gasteiger partial charge in [-0.3, -0.25) is 0 Å². The number of hydrogen-bond donors (Lipinski definition) is 0. The Balaban J connectivity index is 1.02. The number of anilines is 3. The largest absolute Gasteiger partial charge is 0.310 e. The van der Waals surface area contributed by atoms with E-state index in [1.54, 1.807) is 0 Å². The molecule has 1 aliphatic carbocycles. The van der Waals surface area contributed by atoms with E-state index in [9.17, 15) is 0 Å². The van der Waals surface area contributed by atoms with Gasteiger partial charge in [-0.15, -0.1) is 0 Å². The van der Waals surface area contributed by atoms with Gasteiger partial charge in [0.15, 0.2) is 17.5 Å². The minimum absolute atomic E-state index is 0.641. The van der Waals surface area contributed by atoms with Gasteiger partial charge in [0.2, 0.25) is 0 Å². The molecule has 0 saturated heterocycles. The third kappa shape index (κ3) is 6.53. The minimum Gasteiger partial charge on any atom is -0.310 e. The van der Waals surface area contributed by atoms with E-state index in [1.807, 2.05) is 36.4 Å². The molecule has 63 heavy (non-hydrogen) atoms. The van der Waals surface area contributed by atoms with Crippen LogP contribution in [0.1, 0.15) is 0 Å². The van der Waals surface area contributed by atoms with Gasteiger partial charge in [-0.25, -0.2) is 15.0 Å². The van der Waals surface area contributed by atoms with Crippen molar-refractivity contribution < 1.29 is 0 Å². The van der Waals surface area contributed by atoms with E-state index >= 15 is 0 Å². The summed E-state index contributed by atoms with van der Waals surface area (Å²) in [6, 6.07) is 81.9. The van der Waals surface area contributed by atoms with Gasteiger partial charge in [-0.05, 0) is 109 Å². The Hall–Kier alpha value is -8.47. The Morgan fingerprint density at radius 2 is 0.714 bits per heavy atom. The maximum absolute atomic E-state index is 5.26. The fourth-order valence-electron chi connectivity index (χ4n) is 9.19. The molecule has 0 saturated carbocycles.